The molecule has 484 valence electrons. The van der Waals surface area contributed by atoms with Crippen LogP contribution >= 0.6 is 0 Å². The number of nitrogens with zero attached hydrogens (tertiary/aromatic N) is 4. The molecule has 6 nitrogen and oxygen atoms in total. The molecule has 23 rings (SSSR count). The Morgan fingerprint density at radius 1 is 0.231 bits per heavy atom. The number of anilines is 3. The molecule has 0 bridgehead atoms. The zero-order chi connectivity index (χ0) is 67.9. The summed E-state index contributed by atoms with van der Waals surface area (Å²) in [6.07, 6.45) is 0. The monoisotopic (exact) mass is 1320 g/mol. The van der Waals surface area contributed by atoms with Crippen LogP contribution in [-0.2, 0) is 10.8 Å². The fourth-order valence-corrected chi connectivity index (χ4v) is 18.9. The lowest BCUT2D eigenvalue weighted by Crippen LogP contribution is -2.38. The summed E-state index contributed by atoms with van der Waals surface area (Å²) in [5.41, 5.74) is 27.8. The summed E-state index contributed by atoms with van der Waals surface area (Å²) in [6.45, 7) is 0. The van der Waals surface area contributed by atoms with Gasteiger partial charge in [0.15, 0.2) is 0 Å². The minimum atomic E-state index is -0.825. The number of hydrogen-bond acceptors (Lipinski definition) is 3. The summed E-state index contributed by atoms with van der Waals surface area (Å²) in [5, 5.41) is 7.28. The van der Waals surface area contributed by atoms with E-state index in [0.29, 0.717) is 0 Å². The lowest BCUT2D eigenvalue weighted by molar-refractivity contribution is 0.434. The Kier molecular flexibility index (Phi) is 11.8. The van der Waals surface area contributed by atoms with E-state index in [4.69, 9.17) is 9.47 Å². The number of benzene rings is 16. The Morgan fingerprint density at radius 3 is 1.25 bits per heavy atom. The molecule has 0 aliphatic carbocycles. The van der Waals surface area contributed by atoms with Gasteiger partial charge in [-0.25, -0.2) is 0 Å². The first-order valence-corrected chi connectivity index (χ1v) is 35.9. The van der Waals surface area contributed by atoms with Crippen LogP contribution in [0.1, 0.15) is 44.5 Å². The number of aromatic nitrogens is 3. The molecule has 2 atom stereocenters. The molecule has 4 aliphatic rings. The second-order valence-corrected chi connectivity index (χ2v) is 28.1. The van der Waals surface area contributed by atoms with Gasteiger partial charge in [0.05, 0.1) is 55.3 Å². The van der Waals surface area contributed by atoms with Crippen LogP contribution in [0.4, 0.5) is 17.1 Å². The van der Waals surface area contributed by atoms with E-state index in [9.17, 15) is 0 Å². The third-order valence-corrected chi connectivity index (χ3v) is 23.1. The molecule has 19 aromatic rings. The standard InChI is InChI=1S/C98H60N4O2/c1-3-23-66(24-4-1)99(67-25-5-2-6-26-67)69-54-56-93-83(60-69)97(79-34-12-19-43-91(79)103-93)77-32-10-17-41-89(77)102-88-55-51-64(57-76(88)74-31-22-36-81(97)95(74)102)75-58-65(63-47-45-61(46-48-63)62-49-52-68(53-50-62)100-85-38-14-7-27-70(85)71-28-8-15-39-86(71)100)59-84-96(75)104-92-44-20-13-35-80(92)98(84)78-33-11-18-42-90(78)101-87-40-16-9-29-72(87)73-30-21-37-82(98)94(73)101/h1-60H. The number of hydrogen-bond donors (Lipinski definition) is 0. The average Bonchev–Trinajstić information content (AvgIpc) is 1.27. The molecule has 3 aromatic heterocycles. The maximum absolute atomic E-state index is 7.70. The normalized spacial score (nSPS) is 15.5. The van der Waals surface area contributed by atoms with Crippen LogP contribution in [0.15, 0.2) is 364 Å². The summed E-state index contributed by atoms with van der Waals surface area (Å²) in [6, 6.07) is 134. The summed E-state index contributed by atoms with van der Waals surface area (Å²) in [4.78, 5) is 2.36. The van der Waals surface area contributed by atoms with Gasteiger partial charge >= 0.3 is 0 Å². The third-order valence-electron chi connectivity index (χ3n) is 23.1. The van der Waals surface area contributed by atoms with Crippen molar-refractivity contribution in [1.82, 2.24) is 13.7 Å². The van der Waals surface area contributed by atoms with Gasteiger partial charge in [-0.05, 0) is 171 Å². The Hall–Kier alpha value is -13.7. The van der Waals surface area contributed by atoms with Crippen molar-refractivity contribution in [1.29, 1.82) is 0 Å². The lowest BCUT2D eigenvalue weighted by Gasteiger charge is -2.45. The highest BCUT2D eigenvalue weighted by molar-refractivity contribution is 6.15. The molecule has 2 spiro atoms. The minimum Gasteiger partial charge on any atom is -0.457 e. The van der Waals surface area contributed by atoms with Crippen molar-refractivity contribution in [2.24, 2.45) is 0 Å². The predicted molar refractivity (Wildman–Crippen MR) is 424 cm³/mol. The molecule has 0 N–H and O–H groups in total. The van der Waals surface area contributed by atoms with E-state index in [2.05, 4.69) is 383 Å². The third kappa shape index (κ3) is 7.62. The average molecular weight is 1330 g/mol. The zero-order valence-corrected chi connectivity index (χ0v) is 56.2. The zero-order valence-electron chi connectivity index (χ0n) is 56.2. The number of rotatable bonds is 7. The number of fused-ring (bicyclic) bond motifs is 25. The Bertz CT molecular complexity index is 6770. The summed E-state index contributed by atoms with van der Waals surface area (Å²) < 4.78 is 22.3. The van der Waals surface area contributed by atoms with Gasteiger partial charge in [0, 0.05) is 82.9 Å². The molecule has 6 heteroatoms. The highest BCUT2D eigenvalue weighted by atomic mass is 16.5. The van der Waals surface area contributed by atoms with Gasteiger partial charge in [-0.1, -0.05) is 243 Å². The van der Waals surface area contributed by atoms with Crippen molar-refractivity contribution >= 4 is 82.5 Å². The van der Waals surface area contributed by atoms with E-state index >= 15 is 0 Å². The van der Waals surface area contributed by atoms with Gasteiger partial charge in [0.2, 0.25) is 0 Å². The molecule has 0 radical (unpaired) electrons. The largest absolute Gasteiger partial charge is 0.457 e. The lowest BCUT2D eigenvalue weighted by atomic mass is 9.61. The number of ether oxygens (including phenoxy) is 2. The predicted octanol–water partition coefficient (Wildman–Crippen LogP) is 25.1. The van der Waals surface area contributed by atoms with Crippen LogP contribution < -0.4 is 14.4 Å². The van der Waals surface area contributed by atoms with Crippen LogP contribution in [0.2, 0.25) is 0 Å². The Labute approximate surface area is 599 Å². The molecule has 0 saturated carbocycles. The van der Waals surface area contributed by atoms with Crippen molar-refractivity contribution in [2.75, 3.05) is 4.90 Å². The van der Waals surface area contributed by atoms with Crippen LogP contribution in [0, 0.1) is 0 Å². The molecule has 0 fully saturated rings. The maximum Gasteiger partial charge on any atom is 0.140 e. The van der Waals surface area contributed by atoms with Crippen molar-refractivity contribution in [3.8, 4) is 73.4 Å². The van der Waals surface area contributed by atoms with E-state index in [0.717, 1.165) is 135 Å². The second kappa shape index (κ2) is 21.4. The van der Waals surface area contributed by atoms with Gasteiger partial charge < -0.3 is 28.1 Å². The van der Waals surface area contributed by atoms with Crippen molar-refractivity contribution in [3.63, 3.8) is 0 Å². The summed E-state index contributed by atoms with van der Waals surface area (Å²) in [7, 11) is 0. The molecule has 4 aliphatic heterocycles. The SMILES string of the molecule is c1ccc(N(c2ccccc2)c2ccc3c(c2)C2(c4ccccc4O3)c3ccccc3-n3c4ccc(-c5cc(-c6ccc(-c7ccc(-n8c9ccccc9c9ccccc98)cc7)cc6)cc6c5Oc5ccccc5C65c6ccccc6-n6c7ccccc7c7cccc5c76)cc4c4cccc2c43)cc1. The van der Waals surface area contributed by atoms with Gasteiger partial charge in [0.1, 0.15) is 23.0 Å². The van der Waals surface area contributed by atoms with Gasteiger partial charge in [-0.15, -0.1) is 0 Å². The van der Waals surface area contributed by atoms with Gasteiger partial charge in [-0.3, -0.25) is 0 Å². The molecule has 16 aromatic carbocycles. The van der Waals surface area contributed by atoms with Crippen LogP contribution in [0.3, 0.4) is 0 Å². The topological polar surface area (TPSA) is 36.5 Å². The molecule has 104 heavy (non-hydrogen) atoms. The molecule has 0 saturated heterocycles. The summed E-state index contributed by atoms with van der Waals surface area (Å²) in [5.74, 6) is 3.35. The van der Waals surface area contributed by atoms with E-state index in [1.807, 2.05) is 0 Å². The Balaban J connectivity index is 0.752. The van der Waals surface area contributed by atoms with Crippen molar-refractivity contribution in [2.45, 2.75) is 10.8 Å². The van der Waals surface area contributed by atoms with Crippen LogP contribution in [0.25, 0.3) is 116 Å². The first-order valence-electron chi connectivity index (χ1n) is 35.9. The minimum absolute atomic E-state index is 0.803. The quantitative estimate of drug-likeness (QED) is 0.160. The molecular formula is C98H60N4O2. The fraction of sp³-hybridized carbons (Fsp3) is 0.0204. The number of para-hydroxylation sites is 11. The fourth-order valence-electron chi connectivity index (χ4n) is 18.9. The van der Waals surface area contributed by atoms with E-state index in [-0.39, 0.29) is 0 Å². The van der Waals surface area contributed by atoms with E-state index < -0.39 is 10.8 Å². The molecule has 2 unspecified atom stereocenters. The molecule has 0 amide bonds. The van der Waals surface area contributed by atoms with Gasteiger partial charge in [-0.2, -0.15) is 0 Å². The van der Waals surface area contributed by atoms with Crippen molar-refractivity contribution in [3.05, 3.63) is 408 Å². The van der Waals surface area contributed by atoms with E-state index in [1.54, 1.807) is 0 Å². The highest BCUT2D eigenvalue weighted by Crippen LogP contribution is 2.65. The van der Waals surface area contributed by atoms with Crippen LogP contribution in [0.5, 0.6) is 23.0 Å². The smallest absolute Gasteiger partial charge is 0.140 e. The molecule has 7 heterocycles. The maximum atomic E-state index is 7.70. The second-order valence-electron chi connectivity index (χ2n) is 28.1. The highest BCUT2D eigenvalue weighted by Gasteiger charge is 2.53. The Morgan fingerprint density at radius 2 is 0.654 bits per heavy atom. The van der Waals surface area contributed by atoms with Crippen LogP contribution in [-0.4, -0.2) is 13.7 Å². The summed E-state index contributed by atoms with van der Waals surface area (Å²) >= 11 is 0. The first-order chi connectivity index (χ1) is 51.6. The molecular weight excluding hydrogens is 1270 g/mol. The van der Waals surface area contributed by atoms with Gasteiger partial charge in [0.25, 0.3) is 0 Å². The van der Waals surface area contributed by atoms with Crippen molar-refractivity contribution < 1.29 is 9.47 Å². The van der Waals surface area contributed by atoms with E-state index in [1.165, 1.54) is 65.9 Å². The first kappa shape index (κ1) is 57.1.